The van der Waals surface area contributed by atoms with Crippen molar-refractivity contribution in [2.45, 2.75) is 45.5 Å². The molecule has 3 heterocycles. The molecule has 2 aromatic rings. The summed E-state index contributed by atoms with van der Waals surface area (Å²) in [7, 11) is 0. The largest absolute Gasteiger partial charge is 0.435 e. The number of aryl methyl sites for hydroxylation is 2. The Morgan fingerprint density at radius 2 is 2.12 bits per heavy atom. The first kappa shape index (κ1) is 16.5. The van der Waals surface area contributed by atoms with Crippen molar-refractivity contribution < 1.29 is 22.5 Å². The maximum atomic E-state index is 12.7. The maximum absolute atomic E-state index is 12.7. The van der Waals surface area contributed by atoms with Gasteiger partial charge in [-0.15, -0.1) is 0 Å². The molecule has 1 amide bonds. The third-order valence-electron chi connectivity index (χ3n) is 4.10. The Morgan fingerprint density at radius 1 is 1.38 bits per heavy atom. The Labute approximate surface area is 136 Å². The molecule has 24 heavy (non-hydrogen) atoms. The molecule has 130 valence electrons. The number of rotatable bonds is 3. The van der Waals surface area contributed by atoms with Crippen LogP contribution in [0.4, 0.5) is 13.2 Å². The maximum Gasteiger partial charge on any atom is 0.435 e. The first-order valence-corrected chi connectivity index (χ1v) is 7.60. The van der Waals surface area contributed by atoms with E-state index in [-0.39, 0.29) is 18.5 Å². The fraction of sp³-hybridized carbons (Fsp3) is 0.533. The SMILES string of the molecule is Cc1cc([C@@H]2CCCN2C(=O)Cn2nc(C(F)(F)F)cc2C)on1. The van der Waals surface area contributed by atoms with Gasteiger partial charge < -0.3 is 9.42 Å². The zero-order valence-electron chi connectivity index (χ0n) is 13.3. The Kier molecular flexibility index (Phi) is 4.10. The van der Waals surface area contributed by atoms with Crippen LogP contribution in [0.5, 0.6) is 0 Å². The lowest BCUT2D eigenvalue weighted by molar-refractivity contribution is -0.142. The van der Waals surface area contributed by atoms with Crippen molar-refractivity contribution in [2.24, 2.45) is 0 Å². The number of nitrogens with zero attached hydrogens (tertiary/aromatic N) is 4. The summed E-state index contributed by atoms with van der Waals surface area (Å²) in [4.78, 5) is 14.2. The predicted molar refractivity (Wildman–Crippen MR) is 76.9 cm³/mol. The van der Waals surface area contributed by atoms with E-state index in [4.69, 9.17) is 4.52 Å². The molecule has 1 fully saturated rings. The molecule has 0 aliphatic carbocycles. The Balaban J connectivity index is 1.76. The van der Waals surface area contributed by atoms with Gasteiger partial charge in [0, 0.05) is 18.3 Å². The zero-order valence-corrected chi connectivity index (χ0v) is 13.3. The summed E-state index contributed by atoms with van der Waals surface area (Å²) in [5, 5.41) is 7.33. The molecule has 0 saturated carbocycles. The normalized spacial score (nSPS) is 18.4. The molecule has 0 N–H and O–H groups in total. The monoisotopic (exact) mass is 342 g/mol. The number of hydrogen-bond acceptors (Lipinski definition) is 4. The minimum atomic E-state index is -4.52. The molecule has 0 aromatic carbocycles. The van der Waals surface area contributed by atoms with Gasteiger partial charge in [-0.1, -0.05) is 5.16 Å². The lowest BCUT2D eigenvalue weighted by atomic mass is 10.1. The molecule has 6 nitrogen and oxygen atoms in total. The van der Waals surface area contributed by atoms with Gasteiger partial charge in [0.2, 0.25) is 5.91 Å². The van der Waals surface area contributed by atoms with Crippen molar-refractivity contribution in [3.05, 3.63) is 35.0 Å². The van der Waals surface area contributed by atoms with Crippen molar-refractivity contribution in [1.29, 1.82) is 0 Å². The summed E-state index contributed by atoms with van der Waals surface area (Å²) in [6.07, 6.45) is -2.97. The van der Waals surface area contributed by atoms with Gasteiger partial charge in [0.1, 0.15) is 6.54 Å². The number of aromatic nitrogens is 3. The van der Waals surface area contributed by atoms with Crippen molar-refractivity contribution in [1.82, 2.24) is 19.8 Å². The number of amides is 1. The summed E-state index contributed by atoms with van der Waals surface area (Å²) in [5.41, 5.74) is 0.0283. The fourth-order valence-corrected chi connectivity index (χ4v) is 2.93. The molecule has 9 heteroatoms. The number of carbonyl (C=O) groups is 1. The van der Waals surface area contributed by atoms with Gasteiger partial charge >= 0.3 is 6.18 Å². The molecule has 0 spiro atoms. The molecule has 2 aromatic heterocycles. The second kappa shape index (κ2) is 5.95. The second-order valence-corrected chi connectivity index (χ2v) is 5.94. The Morgan fingerprint density at radius 3 is 2.71 bits per heavy atom. The molecular weight excluding hydrogens is 325 g/mol. The first-order valence-electron chi connectivity index (χ1n) is 7.60. The average molecular weight is 342 g/mol. The molecular formula is C15H17F3N4O2. The van der Waals surface area contributed by atoms with Crippen molar-refractivity contribution in [3.8, 4) is 0 Å². The van der Waals surface area contributed by atoms with Crippen LogP contribution in [0.15, 0.2) is 16.7 Å². The molecule has 3 rings (SSSR count). The molecule has 0 radical (unpaired) electrons. The summed E-state index contributed by atoms with van der Waals surface area (Å²) in [6.45, 7) is 3.60. The molecule has 1 atom stereocenters. The third kappa shape index (κ3) is 3.15. The van der Waals surface area contributed by atoms with Crippen molar-refractivity contribution >= 4 is 5.91 Å². The van der Waals surface area contributed by atoms with Crippen molar-refractivity contribution in [2.75, 3.05) is 6.54 Å². The lowest BCUT2D eigenvalue weighted by Gasteiger charge is -2.22. The number of halogens is 3. The third-order valence-corrected chi connectivity index (χ3v) is 4.10. The standard InChI is InChI=1S/C15H17F3N4O2/c1-9-6-12(24-20-9)11-4-3-5-21(11)14(23)8-22-10(2)7-13(19-22)15(16,17)18/h6-7,11H,3-5,8H2,1-2H3/t11-/m0/s1. The Hall–Kier alpha value is -2.32. The van der Waals surface area contributed by atoms with Crippen LogP contribution in [0.1, 0.15) is 41.7 Å². The van der Waals surface area contributed by atoms with Crippen LogP contribution in [0, 0.1) is 13.8 Å². The van der Waals surface area contributed by atoms with Crippen LogP contribution in [-0.2, 0) is 17.5 Å². The quantitative estimate of drug-likeness (QED) is 0.860. The average Bonchev–Trinajstić information content (AvgIpc) is 3.18. The van der Waals surface area contributed by atoms with Gasteiger partial charge in [-0.2, -0.15) is 18.3 Å². The second-order valence-electron chi connectivity index (χ2n) is 5.94. The van der Waals surface area contributed by atoms with Gasteiger partial charge in [0.05, 0.1) is 11.7 Å². The van der Waals surface area contributed by atoms with Crippen LogP contribution in [0.25, 0.3) is 0 Å². The molecule has 1 aliphatic heterocycles. The number of hydrogen-bond donors (Lipinski definition) is 0. The van der Waals surface area contributed by atoms with E-state index >= 15 is 0 Å². The predicted octanol–water partition coefficient (Wildman–Crippen LogP) is 2.87. The van der Waals surface area contributed by atoms with Crippen molar-refractivity contribution in [3.63, 3.8) is 0 Å². The van der Waals surface area contributed by atoms with E-state index in [2.05, 4.69) is 10.3 Å². The first-order chi connectivity index (χ1) is 11.3. The van der Waals surface area contributed by atoms with Gasteiger partial charge in [0.15, 0.2) is 11.5 Å². The molecule has 1 aliphatic rings. The number of alkyl halides is 3. The smallest absolute Gasteiger partial charge is 0.359 e. The van der Waals surface area contributed by atoms with Gasteiger partial charge in [-0.3, -0.25) is 9.48 Å². The zero-order chi connectivity index (χ0) is 17.5. The van der Waals surface area contributed by atoms with Crippen LogP contribution in [0.2, 0.25) is 0 Å². The summed E-state index contributed by atoms with van der Waals surface area (Å²) >= 11 is 0. The highest BCUT2D eigenvalue weighted by molar-refractivity contribution is 5.76. The van der Waals surface area contributed by atoms with E-state index in [9.17, 15) is 18.0 Å². The number of likely N-dealkylation sites (tertiary alicyclic amines) is 1. The van der Waals surface area contributed by atoms with E-state index in [1.165, 1.54) is 6.92 Å². The highest BCUT2D eigenvalue weighted by atomic mass is 19.4. The molecule has 1 saturated heterocycles. The minimum Gasteiger partial charge on any atom is -0.359 e. The van der Waals surface area contributed by atoms with Crippen LogP contribution in [0.3, 0.4) is 0 Å². The summed E-state index contributed by atoms with van der Waals surface area (Å²) in [6, 6.07) is 2.49. The van der Waals surface area contributed by atoms with Crippen LogP contribution >= 0.6 is 0 Å². The summed E-state index contributed by atoms with van der Waals surface area (Å²) in [5.74, 6) is 0.318. The van der Waals surface area contributed by atoms with Gasteiger partial charge in [-0.05, 0) is 32.8 Å². The van der Waals surface area contributed by atoms with Crippen LogP contribution < -0.4 is 0 Å². The summed E-state index contributed by atoms with van der Waals surface area (Å²) < 4.78 is 44.5. The van der Waals surface area contributed by atoms with E-state index in [1.54, 1.807) is 17.9 Å². The van der Waals surface area contributed by atoms with E-state index in [0.717, 1.165) is 29.3 Å². The molecule has 0 unspecified atom stereocenters. The highest BCUT2D eigenvalue weighted by Crippen LogP contribution is 2.33. The van der Waals surface area contributed by atoms with Gasteiger partial charge in [-0.25, -0.2) is 0 Å². The topological polar surface area (TPSA) is 64.2 Å². The van der Waals surface area contributed by atoms with Crippen LogP contribution in [-0.4, -0.2) is 32.3 Å². The lowest BCUT2D eigenvalue weighted by Crippen LogP contribution is -2.33. The van der Waals surface area contributed by atoms with E-state index in [0.29, 0.717) is 18.0 Å². The fourth-order valence-electron chi connectivity index (χ4n) is 2.93. The highest BCUT2D eigenvalue weighted by Gasteiger charge is 2.36. The minimum absolute atomic E-state index is 0.225. The molecule has 0 bridgehead atoms. The van der Waals surface area contributed by atoms with E-state index < -0.39 is 11.9 Å². The van der Waals surface area contributed by atoms with E-state index in [1.807, 2.05) is 0 Å². The van der Waals surface area contributed by atoms with Gasteiger partial charge in [0.25, 0.3) is 0 Å². The Bertz CT molecular complexity index is 750. The number of carbonyl (C=O) groups excluding carboxylic acids is 1.